The lowest BCUT2D eigenvalue weighted by atomic mass is 9.95. The molecule has 0 amide bonds. The topological polar surface area (TPSA) is 26.0 Å². The fraction of sp³-hybridized carbons (Fsp3) is 0.111. The van der Waals surface area contributed by atoms with Gasteiger partial charge in [-0.1, -0.05) is 71.7 Å². The minimum absolute atomic E-state index is 0.0756. The maximum Gasteiger partial charge on any atom is 0.0595 e. The van der Waals surface area contributed by atoms with Gasteiger partial charge < -0.3 is 5.73 Å². The van der Waals surface area contributed by atoms with Crippen LogP contribution in [0.15, 0.2) is 60.7 Å². The molecule has 0 aliphatic heterocycles. The molecule has 106 valence electrons. The van der Waals surface area contributed by atoms with Gasteiger partial charge in [-0.05, 0) is 40.5 Å². The predicted octanol–water partition coefficient (Wildman–Crippen LogP) is 5.39. The lowest BCUT2D eigenvalue weighted by molar-refractivity contribution is 0.728. The molecule has 0 aliphatic rings. The molecule has 21 heavy (non-hydrogen) atoms. The molecule has 0 fully saturated rings. The van der Waals surface area contributed by atoms with Gasteiger partial charge in [0.15, 0.2) is 0 Å². The number of rotatable bonds is 3. The summed E-state index contributed by atoms with van der Waals surface area (Å²) >= 11 is 12.0. The van der Waals surface area contributed by atoms with E-state index < -0.39 is 0 Å². The third-order valence-corrected chi connectivity index (χ3v) is 4.40. The minimum atomic E-state index is -0.0756. The quantitative estimate of drug-likeness (QED) is 0.689. The van der Waals surface area contributed by atoms with E-state index in [-0.39, 0.29) is 6.04 Å². The fourth-order valence-corrected chi connectivity index (χ4v) is 2.92. The molecule has 3 aromatic rings. The minimum Gasteiger partial charge on any atom is -0.324 e. The van der Waals surface area contributed by atoms with Crippen molar-refractivity contribution < 1.29 is 0 Å². The van der Waals surface area contributed by atoms with Crippen molar-refractivity contribution in [2.24, 2.45) is 5.73 Å². The van der Waals surface area contributed by atoms with Crippen molar-refractivity contribution in [2.45, 2.75) is 12.5 Å². The molecule has 3 heteroatoms. The monoisotopic (exact) mass is 315 g/mol. The summed E-state index contributed by atoms with van der Waals surface area (Å²) in [5, 5.41) is 3.55. The van der Waals surface area contributed by atoms with Gasteiger partial charge in [-0.2, -0.15) is 0 Å². The second-order valence-electron chi connectivity index (χ2n) is 5.13. The highest BCUT2D eigenvalue weighted by Crippen LogP contribution is 2.28. The Labute approximate surface area is 134 Å². The summed E-state index contributed by atoms with van der Waals surface area (Å²) in [7, 11) is 0. The van der Waals surface area contributed by atoms with Crippen molar-refractivity contribution in [2.75, 3.05) is 0 Å². The molecule has 1 atom stereocenters. The standard InChI is InChI=1S/C18H15Cl2N/c19-16-9-8-12(10-17(16)20)11-18(21)15-7-3-5-13-4-1-2-6-14(13)15/h1-10,18H,11,21H2. The number of halogens is 2. The Morgan fingerprint density at radius 2 is 1.62 bits per heavy atom. The van der Waals surface area contributed by atoms with Crippen molar-refractivity contribution in [1.29, 1.82) is 0 Å². The lowest BCUT2D eigenvalue weighted by Gasteiger charge is -2.15. The highest BCUT2D eigenvalue weighted by atomic mass is 35.5. The van der Waals surface area contributed by atoms with Gasteiger partial charge in [-0.25, -0.2) is 0 Å². The second kappa shape index (κ2) is 6.07. The van der Waals surface area contributed by atoms with Gasteiger partial charge in [-0.3, -0.25) is 0 Å². The van der Waals surface area contributed by atoms with E-state index in [1.54, 1.807) is 0 Å². The van der Waals surface area contributed by atoms with E-state index in [4.69, 9.17) is 28.9 Å². The third-order valence-electron chi connectivity index (χ3n) is 3.66. The maximum atomic E-state index is 6.41. The van der Waals surface area contributed by atoms with Crippen LogP contribution in [0.2, 0.25) is 10.0 Å². The second-order valence-corrected chi connectivity index (χ2v) is 5.94. The van der Waals surface area contributed by atoms with Crippen LogP contribution in [0.25, 0.3) is 10.8 Å². The van der Waals surface area contributed by atoms with Gasteiger partial charge in [-0.15, -0.1) is 0 Å². The number of hydrogen-bond donors (Lipinski definition) is 1. The van der Waals surface area contributed by atoms with Crippen LogP contribution in [0.1, 0.15) is 17.2 Å². The SMILES string of the molecule is NC(Cc1ccc(Cl)c(Cl)c1)c1cccc2ccccc12. The molecule has 0 saturated carbocycles. The molecule has 3 rings (SSSR count). The van der Waals surface area contributed by atoms with E-state index in [0.29, 0.717) is 10.0 Å². The fourth-order valence-electron chi connectivity index (χ4n) is 2.60. The Bertz CT molecular complexity index is 778. The van der Waals surface area contributed by atoms with Crippen LogP contribution >= 0.6 is 23.2 Å². The smallest absolute Gasteiger partial charge is 0.0595 e. The first-order valence-corrected chi connectivity index (χ1v) is 7.58. The van der Waals surface area contributed by atoms with Crippen molar-refractivity contribution in [3.63, 3.8) is 0 Å². The van der Waals surface area contributed by atoms with E-state index in [2.05, 4.69) is 24.3 Å². The Balaban J connectivity index is 1.93. The molecule has 0 spiro atoms. The van der Waals surface area contributed by atoms with E-state index in [0.717, 1.165) is 17.5 Å². The number of fused-ring (bicyclic) bond motifs is 1. The Morgan fingerprint density at radius 1 is 0.857 bits per heavy atom. The first-order chi connectivity index (χ1) is 10.1. The zero-order valence-corrected chi connectivity index (χ0v) is 12.9. The predicted molar refractivity (Wildman–Crippen MR) is 91.0 cm³/mol. The average Bonchev–Trinajstić information content (AvgIpc) is 2.50. The van der Waals surface area contributed by atoms with Crippen LogP contribution in [-0.2, 0) is 6.42 Å². The van der Waals surface area contributed by atoms with Gasteiger partial charge in [0.05, 0.1) is 10.0 Å². The van der Waals surface area contributed by atoms with Crippen LogP contribution in [0.5, 0.6) is 0 Å². The van der Waals surface area contributed by atoms with Gasteiger partial charge in [0.25, 0.3) is 0 Å². The lowest BCUT2D eigenvalue weighted by Crippen LogP contribution is -2.13. The van der Waals surface area contributed by atoms with Crippen molar-refractivity contribution in [3.05, 3.63) is 81.8 Å². The van der Waals surface area contributed by atoms with Crippen LogP contribution < -0.4 is 5.73 Å². The zero-order valence-electron chi connectivity index (χ0n) is 11.4. The highest BCUT2D eigenvalue weighted by Gasteiger charge is 2.11. The van der Waals surface area contributed by atoms with Crippen molar-refractivity contribution in [3.8, 4) is 0 Å². The molecule has 2 N–H and O–H groups in total. The number of hydrogen-bond acceptors (Lipinski definition) is 1. The largest absolute Gasteiger partial charge is 0.324 e. The Morgan fingerprint density at radius 3 is 2.43 bits per heavy atom. The van der Waals surface area contributed by atoms with Crippen LogP contribution in [0.4, 0.5) is 0 Å². The number of benzene rings is 3. The van der Waals surface area contributed by atoms with E-state index in [1.165, 1.54) is 10.8 Å². The van der Waals surface area contributed by atoms with Crippen LogP contribution in [0, 0.1) is 0 Å². The first-order valence-electron chi connectivity index (χ1n) is 6.82. The summed E-state index contributed by atoms with van der Waals surface area (Å²) in [4.78, 5) is 0. The van der Waals surface area contributed by atoms with Gasteiger partial charge in [0.1, 0.15) is 0 Å². The van der Waals surface area contributed by atoms with Gasteiger partial charge in [0, 0.05) is 6.04 Å². The maximum absolute atomic E-state index is 6.41. The molecule has 0 bridgehead atoms. The summed E-state index contributed by atoms with van der Waals surface area (Å²) in [6.45, 7) is 0. The Kier molecular flexibility index (Phi) is 4.16. The van der Waals surface area contributed by atoms with E-state index >= 15 is 0 Å². The summed E-state index contributed by atoms with van der Waals surface area (Å²) < 4.78 is 0. The van der Waals surface area contributed by atoms with Gasteiger partial charge in [0.2, 0.25) is 0 Å². The van der Waals surface area contributed by atoms with Crippen molar-refractivity contribution in [1.82, 2.24) is 0 Å². The summed E-state index contributed by atoms with van der Waals surface area (Å²) in [5.74, 6) is 0. The molecule has 1 unspecified atom stereocenters. The summed E-state index contributed by atoms with van der Waals surface area (Å²) in [5.41, 5.74) is 8.64. The third kappa shape index (κ3) is 3.06. The van der Waals surface area contributed by atoms with Gasteiger partial charge >= 0.3 is 0 Å². The molecular weight excluding hydrogens is 301 g/mol. The molecule has 0 aromatic heterocycles. The number of nitrogens with two attached hydrogens (primary N) is 1. The summed E-state index contributed by atoms with van der Waals surface area (Å²) in [6, 6.07) is 20.1. The van der Waals surface area contributed by atoms with Crippen LogP contribution in [0.3, 0.4) is 0 Å². The molecule has 0 heterocycles. The molecule has 0 saturated heterocycles. The summed E-state index contributed by atoms with van der Waals surface area (Å²) in [6.07, 6.45) is 0.727. The Hall–Kier alpha value is -1.54. The van der Waals surface area contributed by atoms with Crippen LogP contribution in [-0.4, -0.2) is 0 Å². The van der Waals surface area contributed by atoms with E-state index in [1.807, 2.05) is 36.4 Å². The normalized spacial score (nSPS) is 12.5. The van der Waals surface area contributed by atoms with Crippen molar-refractivity contribution >= 4 is 34.0 Å². The molecule has 1 nitrogen and oxygen atoms in total. The average molecular weight is 316 g/mol. The molecule has 0 aliphatic carbocycles. The molecule has 3 aromatic carbocycles. The zero-order chi connectivity index (χ0) is 14.8. The first kappa shape index (κ1) is 14.4. The molecular formula is C18H15Cl2N. The highest BCUT2D eigenvalue weighted by molar-refractivity contribution is 6.42. The van der Waals surface area contributed by atoms with E-state index in [9.17, 15) is 0 Å². The molecule has 0 radical (unpaired) electrons.